The zero-order valence-corrected chi connectivity index (χ0v) is 23.5. The van der Waals surface area contributed by atoms with Crippen LogP contribution in [0.3, 0.4) is 0 Å². The van der Waals surface area contributed by atoms with Crippen molar-refractivity contribution in [3.8, 4) is 23.8 Å². The molecule has 2 N–H and O–H groups in total. The average molecular weight is 530 g/mol. The van der Waals surface area contributed by atoms with Crippen molar-refractivity contribution in [1.29, 1.82) is 0 Å². The number of carbonyl (C=O) groups is 1. The van der Waals surface area contributed by atoms with E-state index in [0.717, 1.165) is 29.7 Å². The molecule has 7 nitrogen and oxygen atoms in total. The predicted molar refractivity (Wildman–Crippen MR) is 152 cm³/mol. The van der Waals surface area contributed by atoms with Gasteiger partial charge >= 0.3 is 0 Å². The molecule has 3 aromatic rings. The summed E-state index contributed by atoms with van der Waals surface area (Å²) in [4.78, 5) is 14.7. The van der Waals surface area contributed by atoms with Gasteiger partial charge in [0, 0.05) is 50.1 Å². The fourth-order valence-electron chi connectivity index (χ4n) is 3.45. The van der Waals surface area contributed by atoms with Gasteiger partial charge in [-0.25, -0.2) is 9.24 Å². The first-order valence-electron chi connectivity index (χ1n) is 12.4. The van der Waals surface area contributed by atoms with Gasteiger partial charge in [0.2, 0.25) is 0 Å². The van der Waals surface area contributed by atoms with Gasteiger partial charge in [0.05, 0.1) is 28.4 Å². The first-order chi connectivity index (χ1) is 17.5. The number of fused-ring (bicyclic) bond motifs is 1. The van der Waals surface area contributed by atoms with Crippen molar-refractivity contribution in [3.63, 3.8) is 0 Å². The number of likely N-dealkylation sites (tertiary alicyclic amines) is 1. The van der Waals surface area contributed by atoms with Crippen molar-refractivity contribution in [2.24, 2.45) is 5.92 Å². The van der Waals surface area contributed by atoms with Gasteiger partial charge in [-0.05, 0) is 31.0 Å². The molecule has 0 radical (unpaired) electrons. The average Bonchev–Trinajstić information content (AvgIpc) is 3.22. The van der Waals surface area contributed by atoms with Crippen molar-refractivity contribution in [2.45, 2.75) is 48.0 Å². The topological polar surface area (TPSA) is 70.9 Å². The molecule has 4 rings (SSSR count). The van der Waals surface area contributed by atoms with Gasteiger partial charge in [-0.1, -0.05) is 52.1 Å². The van der Waals surface area contributed by atoms with E-state index in [2.05, 4.69) is 27.4 Å². The maximum absolute atomic E-state index is 12.9. The summed E-state index contributed by atoms with van der Waals surface area (Å²) in [6, 6.07) is 7.24. The molecule has 194 valence electrons. The molecule has 1 saturated heterocycles. The Balaban J connectivity index is 0.00000109. The maximum Gasteiger partial charge on any atom is 0.255 e. The maximum atomic E-state index is 12.9. The number of benzene rings is 1. The van der Waals surface area contributed by atoms with Crippen molar-refractivity contribution in [2.75, 3.05) is 24.4 Å². The molecule has 0 saturated carbocycles. The first-order valence-corrected chi connectivity index (χ1v) is 13.6. The Morgan fingerprint density at radius 3 is 2.64 bits per heavy atom. The van der Waals surface area contributed by atoms with Crippen molar-refractivity contribution in [3.05, 3.63) is 52.8 Å². The Morgan fingerprint density at radius 1 is 1.28 bits per heavy atom. The van der Waals surface area contributed by atoms with Crippen LogP contribution in [0.2, 0.25) is 5.02 Å². The van der Waals surface area contributed by atoms with Gasteiger partial charge in [-0.15, -0.1) is 6.42 Å². The molecule has 1 fully saturated rings. The summed E-state index contributed by atoms with van der Waals surface area (Å²) in [6.07, 6.45) is 9.87. The van der Waals surface area contributed by atoms with E-state index in [0.29, 0.717) is 35.2 Å². The minimum atomic E-state index is -0.0434. The first kappa shape index (κ1) is 29.4. The summed E-state index contributed by atoms with van der Waals surface area (Å²) in [5.41, 5.74) is 2.94. The number of terminal acetylenes is 1. The van der Waals surface area contributed by atoms with E-state index in [1.807, 2.05) is 46.8 Å². The van der Waals surface area contributed by atoms with Gasteiger partial charge in [-0.3, -0.25) is 4.79 Å². The summed E-state index contributed by atoms with van der Waals surface area (Å²) in [7, 11) is 0. The van der Waals surface area contributed by atoms with Crippen LogP contribution < -0.4 is 14.2 Å². The van der Waals surface area contributed by atoms with Gasteiger partial charge in [0.1, 0.15) is 11.3 Å². The van der Waals surface area contributed by atoms with Crippen LogP contribution in [0.1, 0.15) is 57.0 Å². The number of hydrogen-bond donors (Lipinski definition) is 2. The molecule has 0 aliphatic carbocycles. The number of anilines is 1. The lowest BCUT2D eigenvalue weighted by molar-refractivity contribution is 0.0579. The van der Waals surface area contributed by atoms with Gasteiger partial charge in [0.25, 0.3) is 5.91 Å². The highest BCUT2D eigenvalue weighted by Gasteiger charge is 2.31. The third kappa shape index (κ3) is 6.88. The van der Waals surface area contributed by atoms with Crippen LogP contribution in [0.4, 0.5) is 5.69 Å². The van der Waals surface area contributed by atoms with Crippen molar-refractivity contribution in [1.82, 2.24) is 19.2 Å². The highest BCUT2D eigenvalue weighted by atomic mass is 35.5. The van der Waals surface area contributed by atoms with E-state index in [1.54, 1.807) is 33.9 Å². The van der Waals surface area contributed by atoms with Gasteiger partial charge < -0.3 is 14.4 Å². The van der Waals surface area contributed by atoms with Crippen LogP contribution >= 0.6 is 23.7 Å². The number of aromatic nitrogens is 2. The summed E-state index contributed by atoms with van der Waals surface area (Å²) in [5, 5.41) is 4.89. The molecule has 0 bridgehead atoms. The quantitative estimate of drug-likeness (QED) is 0.189. The number of amides is 1. The minimum Gasteiger partial charge on any atom is -0.455 e. The highest BCUT2D eigenvalue weighted by molar-refractivity contribution is 7.98. The van der Waals surface area contributed by atoms with Gasteiger partial charge in [0.15, 0.2) is 5.75 Å². The zero-order chi connectivity index (χ0) is 26.7. The number of aryl methyl sites for hydroxylation is 1. The van der Waals surface area contributed by atoms with Crippen LogP contribution in [0, 0.1) is 25.2 Å². The van der Waals surface area contributed by atoms with E-state index in [1.165, 1.54) is 12.1 Å². The van der Waals surface area contributed by atoms with Crippen LogP contribution in [0.15, 0.2) is 36.7 Å². The largest absolute Gasteiger partial charge is 0.455 e. The van der Waals surface area contributed by atoms with E-state index in [4.69, 9.17) is 22.8 Å². The lowest BCUT2D eigenvalue weighted by Crippen LogP contribution is -2.49. The zero-order valence-electron chi connectivity index (χ0n) is 21.9. The number of nitrogens with zero attached hydrogens (tertiary/aromatic N) is 3. The smallest absolute Gasteiger partial charge is 0.255 e. The molecule has 9 heteroatoms. The molecule has 1 aliphatic heterocycles. The third-order valence-electron chi connectivity index (χ3n) is 5.28. The van der Waals surface area contributed by atoms with Crippen molar-refractivity contribution < 1.29 is 9.53 Å². The van der Waals surface area contributed by atoms with Gasteiger partial charge in [-0.2, -0.15) is 5.10 Å². The van der Waals surface area contributed by atoms with Crippen LogP contribution in [0.5, 0.6) is 11.5 Å². The van der Waals surface area contributed by atoms with Crippen LogP contribution in [0.25, 0.3) is 5.52 Å². The molecule has 0 spiro atoms. The third-order valence-corrected chi connectivity index (χ3v) is 6.26. The fraction of sp³-hybridized carbons (Fsp3) is 0.407. The fourth-order valence-corrected chi connectivity index (χ4v) is 4.40. The number of nitrogens with one attached hydrogen (secondary N) is 2. The Bertz CT molecular complexity index is 1180. The Kier molecular flexibility index (Phi) is 11.9. The molecule has 36 heavy (non-hydrogen) atoms. The number of ether oxygens (including phenoxy) is 1. The summed E-state index contributed by atoms with van der Waals surface area (Å²) >= 11 is 7.81. The van der Waals surface area contributed by atoms with E-state index >= 15 is 0 Å². The Labute approximate surface area is 224 Å². The Morgan fingerprint density at radius 2 is 2.00 bits per heavy atom. The second-order valence-corrected chi connectivity index (χ2v) is 8.68. The number of carbonyl (C=O) groups excluding carboxylic acids is 1. The lowest BCUT2D eigenvalue weighted by Gasteiger charge is -2.36. The highest BCUT2D eigenvalue weighted by Crippen LogP contribution is 2.34. The standard InChI is InChI=1S/C23H24ClN5O2S.2C2H6/c1-4-9-26-32-27-20-7-6-17(11-19(20)24)31-21-8-10-25-29-14-18(15(3)22(21)29)23(30)28-12-16(5-2)13-28;2*1-2/h2,6-8,10-11,14,16,26-27H,4,9,12-13H2,1,3H3;2*1-2H3. The monoisotopic (exact) mass is 529 g/mol. The second-order valence-electron chi connectivity index (χ2n) is 7.57. The molecular weight excluding hydrogens is 494 g/mol. The molecule has 1 amide bonds. The molecule has 1 aromatic carbocycles. The van der Waals surface area contributed by atoms with E-state index in [-0.39, 0.29) is 11.8 Å². The van der Waals surface area contributed by atoms with E-state index < -0.39 is 0 Å². The molecule has 3 heterocycles. The van der Waals surface area contributed by atoms with Crippen molar-refractivity contribution >= 4 is 40.8 Å². The normalized spacial score (nSPS) is 12.4. The van der Waals surface area contributed by atoms with Crippen LogP contribution in [-0.4, -0.2) is 40.1 Å². The number of halogens is 1. The molecule has 0 atom stereocenters. The van der Waals surface area contributed by atoms with E-state index in [9.17, 15) is 4.79 Å². The molecular formula is C27H36ClN5O2S. The summed E-state index contributed by atoms with van der Waals surface area (Å²) in [5.74, 6) is 3.97. The Hall–Kier alpha value is -2.86. The summed E-state index contributed by atoms with van der Waals surface area (Å²) in [6.45, 7) is 14.1. The number of rotatable bonds is 8. The molecule has 1 aliphatic rings. The SMILES string of the molecule is C#CC1CN(C(=O)c2cn3nccc(Oc4ccc(NSNCCC)c(Cl)c4)c3c2C)C1.CC.CC. The predicted octanol–water partition coefficient (Wildman–Crippen LogP) is 6.82. The van der Waals surface area contributed by atoms with Crippen LogP contribution in [-0.2, 0) is 0 Å². The number of hydrogen-bond acceptors (Lipinski definition) is 6. The summed E-state index contributed by atoms with van der Waals surface area (Å²) < 4.78 is 14.2. The molecule has 2 aromatic heterocycles. The molecule has 0 unspecified atom stereocenters. The lowest BCUT2D eigenvalue weighted by atomic mass is 10.00. The minimum absolute atomic E-state index is 0.0434. The second kappa shape index (κ2) is 14.6.